The molecule has 0 heterocycles. The van der Waals surface area contributed by atoms with Gasteiger partial charge in [-0.2, -0.15) is 0 Å². The van der Waals surface area contributed by atoms with Crippen LogP contribution in [0.2, 0.25) is 10.0 Å². The molecule has 1 N–H and O–H groups in total. The molecule has 0 fully saturated rings. The van der Waals surface area contributed by atoms with Crippen molar-refractivity contribution in [1.29, 1.82) is 0 Å². The lowest BCUT2D eigenvalue weighted by molar-refractivity contribution is 0.199. The predicted octanol–water partition coefficient (Wildman–Crippen LogP) is 5.60. The molecule has 0 saturated carbocycles. The molecule has 2 nitrogen and oxygen atoms in total. The van der Waals surface area contributed by atoms with E-state index in [2.05, 4.69) is 15.9 Å². The van der Waals surface area contributed by atoms with Gasteiger partial charge in [-0.15, -0.1) is 0 Å². The lowest BCUT2D eigenvalue weighted by atomic mass is 10.1. The van der Waals surface area contributed by atoms with E-state index >= 15 is 0 Å². The van der Waals surface area contributed by atoms with Crippen LogP contribution in [-0.2, 0) is 0 Å². The Morgan fingerprint density at radius 2 is 1.74 bits per heavy atom. The second-order valence-corrected chi connectivity index (χ2v) is 5.80. The Morgan fingerprint density at radius 3 is 2.26 bits per heavy atom. The highest BCUT2D eigenvalue weighted by Crippen LogP contribution is 2.34. The van der Waals surface area contributed by atoms with Crippen molar-refractivity contribution in [3.8, 4) is 11.5 Å². The van der Waals surface area contributed by atoms with Gasteiger partial charge in [-0.05, 0) is 58.7 Å². The fraction of sp³-hybridized carbons (Fsp3) is 0.143. The summed E-state index contributed by atoms with van der Waals surface area (Å²) >= 11 is 15.2. The summed E-state index contributed by atoms with van der Waals surface area (Å²) in [5.74, 6) is 1.19. The molecular weight excluding hydrogens is 351 g/mol. The first kappa shape index (κ1) is 14.7. The number of hydrogen-bond donors (Lipinski definition) is 1. The van der Waals surface area contributed by atoms with Gasteiger partial charge in [-0.25, -0.2) is 0 Å². The van der Waals surface area contributed by atoms with Gasteiger partial charge in [0.1, 0.15) is 11.5 Å². The van der Waals surface area contributed by atoms with E-state index < -0.39 is 6.10 Å². The summed E-state index contributed by atoms with van der Waals surface area (Å²) in [6.45, 7) is 1.71. The molecule has 0 aromatic heterocycles. The van der Waals surface area contributed by atoms with Crippen molar-refractivity contribution in [1.82, 2.24) is 0 Å². The fourth-order valence-electron chi connectivity index (χ4n) is 1.57. The molecule has 2 rings (SSSR count). The fourth-order valence-corrected chi connectivity index (χ4v) is 2.56. The third kappa shape index (κ3) is 3.86. The number of hydrogen-bond acceptors (Lipinski definition) is 2. The lowest BCUT2D eigenvalue weighted by Gasteiger charge is -2.11. The average Bonchev–Trinajstić information content (AvgIpc) is 2.30. The Kier molecular flexibility index (Phi) is 4.74. The molecule has 0 bridgehead atoms. The van der Waals surface area contributed by atoms with Crippen LogP contribution in [0, 0.1) is 0 Å². The monoisotopic (exact) mass is 360 g/mol. The summed E-state index contributed by atoms with van der Waals surface area (Å²) in [4.78, 5) is 0. The van der Waals surface area contributed by atoms with Crippen LogP contribution in [0.1, 0.15) is 18.6 Å². The summed E-state index contributed by atoms with van der Waals surface area (Å²) in [6.07, 6.45) is -0.522. The zero-order valence-corrected chi connectivity index (χ0v) is 13.1. The van der Waals surface area contributed by atoms with E-state index in [4.69, 9.17) is 27.9 Å². The van der Waals surface area contributed by atoms with Crippen molar-refractivity contribution >= 4 is 39.1 Å². The highest BCUT2D eigenvalue weighted by molar-refractivity contribution is 9.10. The number of benzene rings is 2. The van der Waals surface area contributed by atoms with E-state index in [-0.39, 0.29) is 0 Å². The van der Waals surface area contributed by atoms with Crippen LogP contribution >= 0.6 is 39.1 Å². The molecule has 2 aromatic rings. The Hall–Kier alpha value is -0.740. The molecular formula is C14H11BrCl2O2. The van der Waals surface area contributed by atoms with E-state index in [1.807, 2.05) is 6.07 Å². The van der Waals surface area contributed by atoms with Gasteiger partial charge in [0, 0.05) is 10.0 Å². The molecule has 0 spiro atoms. The van der Waals surface area contributed by atoms with Crippen molar-refractivity contribution in [3.05, 3.63) is 56.5 Å². The third-order valence-electron chi connectivity index (χ3n) is 2.50. The van der Waals surface area contributed by atoms with E-state index in [9.17, 15) is 5.11 Å². The Labute approximate surface area is 130 Å². The molecule has 0 saturated heterocycles. The molecule has 0 aliphatic rings. The highest BCUT2D eigenvalue weighted by atomic mass is 79.9. The topological polar surface area (TPSA) is 29.5 Å². The average molecular weight is 362 g/mol. The summed E-state index contributed by atoms with van der Waals surface area (Å²) in [6, 6.07) is 10.4. The first-order valence-corrected chi connectivity index (χ1v) is 7.12. The lowest BCUT2D eigenvalue weighted by Crippen LogP contribution is -1.92. The maximum absolute atomic E-state index is 9.51. The number of aliphatic hydroxyl groups is 1. The highest BCUT2D eigenvalue weighted by Gasteiger charge is 2.08. The molecule has 0 unspecified atom stereocenters. The zero-order chi connectivity index (χ0) is 14.0. The molecule has 0 aliphatic carbocycles. The summed E-state index contributed by atoms with van der Waals surface area (Å²) < 4.78 is 6.46. The van der Waals surface area contributed by atoms with Gasteiger partial charge in [0.15, 0.2) is 0 Å². The van der Waals surface area contributed by atoms with E-state index in [1.165, 1.54) is 0 Å². The van der Waals surface area contributed by atoms with Crippen molar-refractivity contribution in [2.24, 2.45) is 0 Å². The van der Waals surface area contributed by atoms with Crippen LogP contribution in [0.25, 0.3) is 0 Å². The van der Waals surface area contributed by atoms with E-state index in [0.29, 0.717) is 21.5 Å². The minimum absolute atomic E-state index is 0.513. The molecule has 100 valence electrons. The van der Waals surface area contributed by atoms with Crippen molar-refractivity contribution in [2.45, 2.75) is 13.0 Å². The summed E-state index contributed by atoms with van der Waals surface area (Å²) in [5.41, 5.74) is 0.809. The SMILES string of the molecule is C[C@@H](O)c1ccc(Oc2cc(Cl)cc(Cl)c2)c(Br)c1. The van der Waals surface area contributed by atoms with Gasteiger partial charge in [-0.3, -0.25) is 0 Å². The van der Waals surface area contributed by atoms with Gasteiger partial charge >= 0.3 is 0 Å². The van der Waals surface area contributed by atoms with Crippen molar-refractivity contribution in [3.63, 3.8) is 0 Å². The largest absolute Gasteiger partial charge is 0.456 e. The van der Waals surface area contributed by atoms with Crippen LogP contribution < -0.4 is 4.74 Å². The number of aliphatic hydroxyl groups excluding tert-OH is 1. The van der Waals surface area contributed by atoms with Crippen molar-refractivity contribution in [2.75, 3.05) is 0 Å². The number of halogens is 3. The van der Waals surface area contributed by atoms with Gasteiger partial charge < -0.3 is 9.84 Å². The first-order valence-electron chi connectivity index (χ1n) is 5.57. The second-order valence-electron chi connectivity index (χ2n) is 4.07. The summed E-state index contributed by atoms with van der Waals surface area (Å²) in [7, 11) is 0. The van der Waals surface area contributed by atoms with Crippen LogP contribution in [-0.4, -0.2) is 5.11 Å². The molecule has 0 aliphatic heterocycles. The van der Waals surface area contributed by atoms with E-state index in [0.717, 1.165) is 10.0 Å². The quantitative estimate of drug-likeness (QED) is 0.770. The van der Waals surface area contributed by atoms with Gasteiger partial charge in [0.25, 0.3) is 0 Å². The second kappa shape index (κ2) is 6.14. The number of ether oxygens (including phenoxy) is 1. The standard InChI is InChI=1S/C14H11BrCl2O2/c1-8(18)9-2-3-14(13(15)4-9)19-12-6-10(16)5-11(17)7-12/h2-8,18H,1H3/t8-/m1/s1. The van der Waals surface area contributed by atoms with Gasteiger partial charge in [-0.1, -0.05) is 29.3 Å². The molecule has 1 atom stereocenters. The molecule has 19 heavy (non-hydrogen) atoms. The van der Waals surface area contributed by atoms with E-state index in [1.54, 1.807) is 37.3 Å². The Bertz CT molecular complexity index is 580. The molecule has 5 heteroatoms. The normalized spacial score (nSPS) is 12.3. The predicted molar refractivity (Wildman–Crippen MR) is 81.3 cm³/mol. The van der Waals surface area contributed by atoms with Gasteiger partial charge in [0.05, 0.1) is 10.6 Å². The van der Waals surface area contributed by atoms with Gasteiger partial charge in [0.2, 0.25) is 0 Å². The van der Waals surface area contributed by atoms with Crippen molar-refractivity contribution < 1.29 is 9.84 Å². The Morgan fingerprint density at radius 1 is 1.11 bits per heavy atom. The zero-order valence-electron chi connectivity index (χ0n) is 10.0. The van der Waals surface area contributed by atoms with Crippen LogP contribution in [0.15, 0.2) is 40.9 Å². The molecule has 0 radical (unpaired) electrons. The minimum atomic E-state index is -0.522. The number of rotatable bonds is 3. The maximum atomic E-state index is 9.51. The maximum Gasteiger partial charge on any atom is 0.141 e. The molecule has 2 aromatic carbocycles. The first-order chi connectivity index (χ1) is 8.95. The summed E-state index contributed by atoms with van der Waals surface area (Å²) in [5, 5.41) is 10.5. The smallest absolute Gasteiger partial charge is 0.141 e. The Balaban J connectivity index is 2.28. The van der Waals surface area contributed by atoms with Crippen LogP contribution in [0.5, 0.6) is 11.5 Å². The van der Waals surface area contributed by atoms with Crippen LogP contribution in [0.4, 0.5) is 0 Å². The third-order valence-corrected chi connectivity index (χ3v) is 3.56. The van der Waals surface area contributed by atoms with Crippen LogP contribution in [0.3, 0.4) is 0 Å². The minimum Gasteiger partial charge on any atom is -0.456 e. The molecule has 0 amide bonds.